The minimum Gasteiger partial charge on any atom is -0.312 e. The lowest BCUT2D eigenvalue weighted by Gasteiger charge is -2.37. The molecule has 1 N–H and O–H groups in total. The molecule has 3 saturated carbocycles. The number of nitrogens with zero attached hydrogens (tertiary/aromatic N) is 1. The highest BCUT2D eigenvalue weighted by Gasteiger charge is 2.40. The first-order chi connectivity index (χ1) is 10.3. The van der Waals surface area contributed by atoms with Crippen LogP contribution in [0, 0.1) is 17.8 Å². The molecule has 5 atom stereocenters. The lowest BCUT2D eigenvalue weighted by atomic mass is 9.87. The van der Waals surface area contributed by atoms with Crippen molar-refractivity contribution in [1.82, 2.24) is 10.2 Å². The lowest BCUT2D eigenvalue weighted by Crippen LogP contribution is -2.49. The SMILES string of the molecule is CCCNC1CCCCCC1N(C)CC1CC2CCC1C2. The van der Waals surface area contributed by atoms with Gasteiger partial charge in [0.15, 0.2) is 0 Å². The first-order valence-corrected chi connectivity index (χ1v) is 9.71. The van der Waals surface area contributed by atoms with Crippen molar-refractivity contribution in [2.75, 3.05) is 20.1 Å². The molecule has 3 aliphatic rings. The Hall–Kier alpha value is -0.0800. The molecule has 0 saturated heterocycles. The number of fused-ring (bicyclic) bond motifs is 2. The molecule has 0 aromatic rings. The van der Waals surface area contributed by atoms with Gasteiger partial charge in [0, 0.05) is 18.6 Å². The summed E-state index contributed by atoms with van der Waals surface area (Å²) in [6.45, 7) is 4.86. The first kappa shape index (κ1) is 15.8. The second-order valence-corrected chi connectivity index (χ2v) is 8.14. The zero-order chi connectivity index (χ0) is 14.7. The maximum Gasteiger partial charge on any atom is 0.0246 e. The third-order valence-electron chi connectivity index (χ3n) is 6.61. The lowest BCUT2D eigenvalue weighted by molar-refractivity contribution is 0.137. The molecule has 2 heteroatoms. The van der Waals surface area contributed by atoms with Crippen molar-refractivity contribution in [3.8, 4) is 0 Å². The zero-order valence-corrected chi connectivity index (χ0v) is 14.3. The van der Waals surface area contributed by atoms with Crippen LogP contribution in [0.15, 0.2) is 0 Å². The van der Waals surface area contributed by atoms with Crippen molar-refractivity contribution in [1.29, 1.82) is 0 Å². The Morgan fingerprint density at radius 2 is 1.86 bits per heavy atom. The molecule has 0 aromatic carbocycles. The minimum absolute atomic E-state index is 0.746. The molecule has 0 radical (unpaired) electrons. The van der Waals surface area contributed by atoms with Gasteiger partial charge in [-0.1, -0.05) is 32.6 Å². The molecule has 0 aliphatic heterocycles. The number of nitrogens with one attached hydrogen (secondary N) is 1. The highest BCUT2D eigenvalue weighted by atomic mass is 15.2. The van der Waals surface area contributed by atoms with Gasteiger partial charge in [-0.15, -0.1) is 0 Å². The summed E-state index contributed by atoms with van der Waals surface area (Å²) in [7, 11) is 2.42. The topological polar surface area (TPSA) is 15.3 Å². The standard InChI is InChI=1S/C19H36N2/c1-3-11-20-18-7-5-4-6-8-19(18)21(2)14-17-13-15-9-10-16(17)12-15/h15-20H,3-14H2,1-2H3. The Bertz CT molecular complexity index is 317. The molecule has 3 aliphatic carbocycles. The number of hydrogen-bond donors (Lipinski definition) is 1. The Morgan fingerprint density at radius 3 is 2.57 bits per heavy atom. The maximum atomic E-state index is 3.86. The van der Waals surface area contributed by atoms with Crippen LogP contribution in [0.3, 0.4) is 0 Å². The van der Waals surface area contributed by atoms with E-state index >= 15 is 0 Å². The van der Waals surface area contributed by atoms with E-state index in [0.29, 0.717) is 0 Å². The fourth-order valence-corrected chi connectivity index (χ4v) is 5.49. The van der Waals surface area contributed by atoms with E-state index in [1.165, 1.54) is 70.9 Å². The van der Waals surface area contributed by atoms with Crippen LogP contribution < -0.4 is 5.32 Å². The van der Waals surface area contributed by atoms with E-state index in [1.807, 2.05) is 0 Å². The van der Waals surface area contributed by atoms with Gasteiger partial charge in [-0.3, -0.25) is 0 Å². The average Bonchev–Trinajstić information content (AvgIpc) is 3.01. The van der Waals surface area contributed by atoms with Crippen LogP contribution >= 0.6 is 0 Å². The first-order valence-electron chi connectivity index (χ1n) is 9.71. The van der Waals surface area contributed by atoms with Gasteiger partial charge in [-0.2, -0.15) is 0 Å². The summed E-state index contributed by atoms with van der Waals surface area (Å²) in [5, 5.41) is 3.86. The van der Waals surface area contributed by atoms with Crippen molar-refractivity contribution in [2.45, 2.75) is 83.2 Å². The molecule has 0 aromatic heterocycles. The second kappa shape index (κ2) is 7.46. The van der Waals surface area contributed by atoms with Gasteiger partial charge in [-0.25, -0.2) is 0 Å². The molecular formula is C19H36N2. The molecule has 122 valence electrons. The smallest absolute Gasteiger partial charge is 0.0246 e. The molecule has 2 bridgehead atoms. The van der Waals surface area contributed by atoms with Gasteiger partial charge >= 0.3 is 0 Å². The van der Waals surface area contributed by atoms with Crippen LogP contribution in [-0.4, -0.2) is 37.1 Å². The summed E-state index contributed by atoms with van der Waals surface area (Å²) < 4.78 is 0. The van der Waals surface area contributed by atoms with Crippen LogP contribution in [0.5, 0.6) is 0 Å². The number of hydrogen-bond acceptors (Lipinski definition) is 2. The molecule has 21 heavy (non-hydrogen) atoms. The van der Waals surface area contributed by atoms with E-state index in [2.05, 4.69) is 24.2 Å². The molecule has 5 unspecified atom stereocenters. The molecule has 0 spiro atoms. The van der Waals surface area contributed by atoms with Gasteiger partial charge in [0.25, 0.3) is 0 Å². The molecule has 0 heterocycles. The second-order valence-electron chi connectivity index (χ2n) is 8.14. The molecule has 2 nitrogen and oxygen atoms in total. The van der Waals surface area contributed by atoms with Crippen molar-refractivity contribution in [3.63, 3.8) is 0 Å². The Kier molecular flexibility index (Phi) is 5.61. The minimum atomic E-state index is 0.746. The highest BCUT2D eigenvalue weighted by Crippen LogP contribution is 2.48. The molecular weight excluding hydrogens is 256 g/mol. The number of likely N-dealkylation sites (N-methyl/N-ethyl adjacent to an activating group) is 1. The van der Waals surface area contributed by atoms with Crippen LogP contribution in [0.4, 0.5) is 0 Å². The van der Waals surface area contributed by atoms with Crippen LogP contribution in [0.25, 0.3) is 0 Å². The number of rotatable bonds is 6. The Balaban J connectivity index is 1.56. The van der Waals surface area contributed by atoms with Crippen molar-refractivity contribution in [3.05, 3.63) is 0 Å². The van der Waals surface area contributed by atoms with Crippen molar-refractivity contribution >= 4 is 0 Å². The van der Waals surface area contributed by atoms with Gasteiger partial charge in [-0.05, 0) is 69.9 Å². The van der Waals surface area contributed by atoms with E-state index in [0.717, 1.165) is 29.8 Å². The summed E-state index contributed by atoms with van der Waals surface area (Å²) in [5.74, 6) is 3.19. The third kappa shape index (κ3) is 3.82. The van der Waals surface area contributed by atoms with Crippen LogP contribution in [-0.2, 0) is 0 Å². The van der Waals surface area contributed by atoms with Gasteiger partial charge < -0.3 is 10.2 Å². The van der Waals surface area contributed by atoms with E-state index in [4.69, 9.17) is 0 Å². The predicted molar refractivity (Wildman–Crippen MR) is 90.5 cm³/mol. The Morgan fingerprint density at radius 1 is 1.00 bits per heavy atom. The predicted octanol–water partition coefficient (Wildman–Crippen LogP) is 4.06. The highest BCUT2D eigenvalue weighted by molar-refractivity contribution is 4.93. The maximum absolute atomic E-state index is 3.86. The molecule has 3 fully saturated rings. The van der Waals surface area contributed by atoms with E-state index < -0.39 is 0 Å². The van der Waals surface area contributed by atoms with Gasteiger partial charge in [0.1, 0.15) is 0 Å². The molecule has 3 rings (SSSR count). The summed E-state index contributed by atoms with van der Waals surface area (Å²) in [5.41, 5.74) is 0. The Labute approximate surface area is 132 Å². The summed E-state index contributed by atoms with van der Waals surface area (Å²) in [6, 6.07) is 1.54. The largest absolute Gasteiger partial charge is 0.312 e. The third-order valence-corrected chi connectivity index (χ3v) is 6.61. The van der Waals surface area contributed by atoms with E-state index in [9.17, 15) is 0 Å². The molecule has 0 amide bonds. The normalized spacial score (nSPS) is 39.9. The van der Waals surface area contributed by atoms with Crippen molar-refractivity contribution in [2.24, 2.45) is 17.8 Å². The summed E-state index contributed by atoms with van der Waals surface area (Å²) in [6.07, 6.45) is 14.6. The van der Waals surface area contributed by atoms with Gasteiger partial charge in [0.05, 0.1) is 0 Å². The van der Waals surface area contributed by atoms with Crippen molar-refractivity contribution < 1.29 is 0 Å². The van der Waals surface area contributed by atoms with E-state index in [-0.39, 0.29) is 0 Å². The average molecular weight is 293 g/mol. The zero-order valence-electron chi connectivity index (χ0n) is 14.3. The summed E-state index contributed by atoms with van der Waals surface area (Å²) in [4.78, 5) is 2.75. The summed E-state index contributed by atoms with van der Waals surface area (Å²) >= 11 is 0. The van der Waals surface area contributed by atoms with Crippen LogP contribution in [0.2, 0.25) is 0 Å². The monoisotopic (exact) mass is 292 g/mol. The fraction of sp³-hybridized carbons (Fsp3) is 1.00. The van der Waals surface area contributed by atoms with E-state index in [1.54, 1.807) is 6.42 Å². The van der Waals surface area contributed by atoms with Gasteiger partial charge in [0.2, 0.25) is 0 Å². The quantitative estimate of drug-likeness (QED) is 0.743. The fourth-order valence-electron chi connectivity index (χ4n) is 5.49. The van der Waals surface area contributed by atoms with Crippen LogP contribution in [0.1, 0.15) is 71.1 Å².